The van der Waals surface area contributed by atoms with Crippen molar-refractivity contribution in [1.82, 2.24) is 0 Å². The average molecular weight is 222 g/mol. The summed E-state index contributed by atoms with van der Waals surface area (Å²) < 4.78 is 5.68. The molecular formula is C10H20ClNO2. The molecule has 0 N–H and O–H groups in total. The molecule has 0 radical (unpaired) electrons. The lowest BCUT2D eigenvalue weighted by atomic mass is 10.3. The maximum atomic E-state index is 10.8. The Morgan fingerprint density at radius 2 is 2.07 bits per heavy atom. The summed E-state index contributed by atoms with van der Waals surface area (Å²) in [6.45, 7) is 6.94. The third-order valence-corrected chi connectivity index (χ3v) is 1.84. The topological polar surface area (TPSA) is 26.3 Å². The first-order chi connectivity index (χ1) is 6.02. The smallest absolute Gasteiger partial charge is 0.334 e. The van der Waals surface area contributed by atoms with E-state index in [4.69, 9.17) is 4.74 Å². The van der Waals surface area contributed by atoms with Crippen LogP contribution in [0.15, 0.2) is 12.7 Å². The summed E-state index contributed by atoms with van der Waals surface area (Å²) in [6.07, 6.45) is 3.51. The molecule has 14 heavy (non-hydrogen) atoms. The quantitative estimate of drug-likeness (QED) is 0.238. The molecule has 0 bridgehead atoms. The maximum absolute atomic E-state index is 10.8. The lowest BCUT2D eigenvalue weighted by Gasteiger charge is -2.28. The van der Waals surface area contributed by atoms with Crippen LogP contribution < -0.4 is 12.4 Å². The minimum atomic E-state index is -0.345. The molecule has 0 unspecified atom stereocenters. The Labute approximate surface area is 92.7 Å². The van der Waals surface area contributed by atoms with E-state index in [1.807, 2.05) is 14.1 Å². The minimum absolute atomic E-state index is 0. The highest BCUT2D eigenvalue weighted by molar-refractivity contribution is 5.81. The predicted molar refractivity (Wildman–Crippen MR) is 53.0 cm³/mol. The summed E-state index contributed by atoms with van der Waals surface area (Å²) in [5, 5.41) is 0. The molecule has 0 aromatic carbocycles. The summed E-state index contributed by atoms with van der Waals surface area (Å²) in [6, 6.07) is 0. The van der Waals surface area contributed by atoms with Gasteiger partial charge in [0.2, 0.25) is 6.73 Å². The van der Waals surface area contributed by atoms with Gasteiger partial charge in [-0.2, -0.15) is 0 Å². The first-order valence-corrected chi connectivity index (χ1v) is 4.63. The number of nitrogens with zero attached hydrogens (tertiary/aromatic N) is 1. The van der Waals surface area contributed by atoms with E-state index >= 15 is 0 Å². The second kappa shape index (κ2) is 7.83. The van der Waals surface area contributed by atoms with Gasteiger partial charge in [0.15, 0.2) is 0 Å². The lowest BCUT2D eigenvalue weighted by molar-refractivity contribution is -0.907. The Hall–Kier alpha value is -0.540. The van der Waals surface area contributed by atoms with Gasteiger partial charge in [0.05, 0.1) is 20.6 Å². The van der Waals surface area contributed by atoms with Gasteiger partial charge >= 0.3 is 5.97 Å². The number of rotatable bonds is 6. The number of carbonyl (C=O) groups excluding carboxylic acids is 1. The van der Waals surface area contributed by atoms with Gasteiger partial charge < -0.3 is 17.1 Å². The zero-order valence-corrected chi connectivity index (χ0v) is 10.0. The number of unbranched alkanes of at least 4 members (excludes halogenated alkanes) is 1. The van der Waals surface area contributed by atoms with Crippen molar-refractivity contribution in [3.63, 3.8) is 0 Å². The number of hydrogen-bond acceptors (Lipinski definition) is 2. The number of esters is 1. The SMILES string of the molecule is C=CC(=O)OC[N+](C)(C)CCCC.[Cl-]. The first-order valence-electron chi connectivity index (χ1n) is 4.63. The second-order valence-corrected chi connectivity index (χ2v) is 3.81. The zero-order valence-electron chi connectivity index (χ0n) is 9.25. The molecule has 0 aliphatic heterocycles. The van der Waals surface area contributed by atoms with Crippen LogP contribution in [0.25, 0.3) is 0 Å². The summed E-state index contributed by atoms with van der Waals surface area (Å²) in [5.74, 6) is -0.345. The van der Waals surface area contributed by atoms with Crippen molar-refractivity contribution in [2.75, 3.05) is 27.4 Å². The number of ether oxygens (including phenoxy) is 1. The highest BCUT2D eigenvalue weighted by Crippen LogP contribution is 2.01. The molecule has 0 aliphatic rings. The molecular weight excluding hydrogens is 202 g/mol. The Kier molecular flexibility index (Phi) is 8.89. The Balaban J connectivity index is 0. The van der Waals surface area contributed by atoms with E-state index in [0.717, 1.165) is 19.4 Å². The van der Waals surface area contributed by atoms with Crippen molar-refractivity contribution in [3.8, 4) is 0 Å². The zero-order chi connectivity index (χ0) is 10.3. The van der Waals surface area contributed by atoms with E-state index < -0.39 is 0 Å². The van der Waals surface area contributed by atoms with Crippen molar-refractivity contribution in [1.29, 1.82) is 0 Å². The molecule has 0 spiro atoms. The van der Waals surface area contributed by atoms with Crippen LogP contribution in [0.4, 0.5) is 0 Å². The normalized spacial score (nSPS) is 10.2. The molecule has 0 rings (SSSR count). The molecule has 0 aromatic rings. The largest absolute Gasteiger partial charge is 1.00 e. The van der Waals surface area contributed by atoms with Crippen LogP contribution in [-0.4, -0.2) is 37.8 Å². The van der Waals surface area contributed by atoms with Crippen LogP contribution in [0, 0.1) is 0 Å². The van der Waals surface area contributed by atoms with Crippen molar-refractivity contribution >= 4 is 5.97 Å². The molecule has 0 fully saturated rings. The fraction of sp³-hybridized carbons (Fsp3) is 0.700. The Bertz CT molecular complexity index is 181. The van der Waals surface area contributed by atoms with E-state index in [1.165, 1.54) is 6.08 Å². The van der Waals surface area contributed by atoms with Gasteiger partial charge in [-0.1, -0.05) is 19.9 Å². The molecule has 4 heteroatoms. The van der Waals surface area contributed by atoms with E-state index in [1.54, 1.807) is 0 Å². The van der Waals surface area contributed by atoms with Crippen LogP contribution in [0.5, 0.6) is 0 Å². The molecule has 0 amide bonds. The number of carbonyl (C=O) groups is 1. The molecule has 0 heterocycles. The predicted octanol–water partition coefficient (Wildman–Crippen LogP) is -1.45. The van der Waals surface area contributed by atoms with Gasteiger partial charge in [-0.05, 0) is 6.42 Å². The molecule has 0 saturated carbocycles. The number of halogens is 1. The summed E-state index contributed by atoms with van der Waals surface area (Å²) in [4.78, 5) is 10.8. The number of hydrogen-bond donors (Lipinski definition) is 0. The summed E-state index contributed by atoms with van der Waals surface area (Å²) >= 11 is 0. The molecule has 0 aromatic heterocycles. The first kappa shape index (κ1) is 15.9. The van der Waals surface area contributed by atoms with Crippen molar-refractivity contribution in [2.45, 2.75) is 19.8 Å². The van der Waals surface area contributed by atoms with Crippen LogP contribution >= 0.6 is 0 Å². The molecule has 0 saturated heterocycles. The van der Waals surface area contributed by atoms with Crippen LogP contribution in [0.2, 0.25) is 0 Å². The van der Waals surface area contributed by atoms with E-state index in [2.05, 4.69) is 13.5 Å². The molecule has 0 aliphatic carbocycles. The third kappa shape index (κ3) is 8.08. The summed E-state index contributed by atoms with van der Waals surface area (Å²) in [7, 11) is 4.10. The van der Waals surface area contributed by atoms with Gasteiger partial charge in [-0.15, -0.1) is 0 Å². The van der Waals surface area contributed by atoms with Gasteiger partial charge in [-0.3, -0.25) is 4.48 Å². The van der Waals surface area contributed by atoms with E-state index in [0.29, 0.717) is 11.2 Å². The monoisotopic (exact) mass is 221 g/mol. The fourth-order valence-corrected chi connectivity index (χ4v) is 0.948. The molecule has 3 nitrogen and oxygen atoms in total. The Morgan fingerprint density at radius 1 is 1.50 bits per heavy atom. The molecule has 84 valence electrons. The van der Waals surface area contributed by atoms with Crippen LogP contribution in [0.1, 0.15) is 19.8 Å². The lowest BCUT2D eigenvalue weighted by Crippen LogP contribution is -3.00. The molecule has 0 atom stereocenters. The highest BCUT2D eigenvalue weighted by atomic mass is 35.5. The second-order valence-electron chi connectivity index (χ2n) is 3.81. The van der Waals surface area contributed by atoms with Gasteiger partial charge in [0, 0.05) is 6.08 Å². The van der Waals surface area contributed by atoms with Crippen molar-refractivity contribution in [3.05, 3.63) is 12.7 Å². The van der Waals surface area contributed by atoms with Crippen molar-refractivity contribution < 1.29 is 26.4 Å². The average Bonchev–Trinajstić information content (AvgIpc) is 2.11. The summed E-state index contributed by atoms with van der Waals surface area (Å²) in [5.41, 5.74) is 0. The highest BCUT2D eigenvalue weighted by Gasteiger charge is 2.15. The third-order valence-electron chi connectivity index (χ3n) is 1.84. The maximum Gasteiger partial charge on any atom is 0.334 e. The van der Waals surface area contributed by atoms with Gasteiger partial charge in [0.1, 0.15) is 0 Å². The Morgan fingerprint density at radius 3 is 2.50 bits per heavy atom. The van der Waals surface area contributed by atoms with Gasteiger partial charge in [0.25, 0.3) is 0 Å². The van der Waals surface area contributed by atoms with Crippen LogP contribution in [-0.2, 0) is 9.53 Å². The van der Waals surface area contributed by atoms with E-state index in [9.17, 15) is 4.79 Å². The fourth-order valence-electron chi connectivity index (χ4n) is 0.948. The minimum Gasteiger partial charge on any atom is -1.00 e. The van der Waals surface area contributed by atoms with Crippen molar-refractivity contribution in [2.24, 2.45) is 0 Å². The van der Waals surface area contributed by atoms with E-state index in [-0.39, 0.29) is 18.4 Å². The standard InChI is InChI=1S/C10H20NO2.ClH/c1-5-7-8-11(3,4)9-13-10(12)6-2;/h6H,2,5,7-9H2,1,3-4H3;1H/q+1;/p-1. The number of quaternary nitrogens is 1. The van der Waals surface area contributed by atoms with Gasteiger partial charge in [-0.25, -0.2) is 4.79 Å². The van der Waals surface area contributed by atoms with Crippen LogP contribution in [0.3, 0.4) is 0 Å².